The molecule has 6 heteroatoms. The number of aromatic nitrogens is 3. The molecule has 0 atom stereocenters. The number of thiophene rings is 1. The fourth-order valence-corrected chi connectivity index (χ4v) is 3.89. The highest BCUT2D eigenvalue weighted by molar-refractivity contribution is 7.08. The third-order valence-electron chi connectivity index (χ3n) is 4.82. The van der Waals surface area contributed by atoms with E-state index < -0.39 is 0 Å². The van der Waals surface area contributed by atoms with Crippen molar-refractivity contribution in [3.05, 3.63) is 106 Å². The molecule has 0 saturated heterocycles. The maximum absolute atomic E-state index is 5.96. The minimum Gasteiger partial charge on any atom is -0.487 e. The van der Waals surface area contributed by atoms with Gasteiger partial charge in [0.15, 0.2) is 0 Å². The van der Waals surface area contributed by atoms with Crippen LogP contribution in [0.4, 0.5) is 0 Å². The number of hydrogen-bond acceptors (Lipinski definition) is 6. The van der Waals surface area contributed by atoms with Gasteiger partial charge in [-0.25, -0.2) is 4.98 Å². The zero-order chi connectivity index (χ0) is 21.0. The van der Waals surface area contributed by atoms with Crippen LogP contribution in [-0.2, 0) is 6.61 Å². The molecule has 0 aliphatic carbocycles. The molecule has 5 nitrogen and oxygen atoms in total. The number of pyridine rings is 1. The van der Waals surface area contributed by atoms with Gasteiger partial charge in [0.1, 0.15) is 12.4 Å². The van der Waals surface area contributed by atoms with Crippen LogP contribution in [0.1, 0.15) is 28.6 Å². The SMILES string of the molecule is Cc1nnc(/C(=C\c2ccsc2)c2ccc(OCc3ccc4ccccc4n3)cc2)o1. The number of fused-ring (bicyclic) bond motifs is 1. The monoisotopic (exact) mass is 425 g/mol. The van der Waals surface area contributed by atoms with E-state index in [9.17, 15) is 0 Å². The highest BCUT2D eigenvalue weighted by atomic mass is 32.1. The summed E-state index contributed by atoms with van der Waals surface area (Å²) in [6.45, 7) is 2.20. The number of benzene rings is 2. The van der Waals surface area contributed by atoms with Gasteiger partial charge in [-0.05, 0) is 58.3 Å². The van der Waals surface area contributed by atoms with Gasteiger partial charge in [-0.2, -0.15) is 11.3 Å². The number of ether oxygens (including phenoxy) is 1. The number of nitrogens with zero attached hydrogens (tertiary/aromatic N) is 3. The molecule has 0 amide bonds. The first-order chi connectivity index (χ1) is 15.2. The first kappa shape index (κ1) is 19.2. The molecule has 3 aromatic heterocycles. The van der Waals surface area contributed by atoms with Crippen LogP contribution >= 0.6 is 11.3 Å². The van der Waals surface area contributed by atoms with Crippen molar-refractivity contribution in [3.8, 4) is 5.75 Å². The summed E-state index contributed by atoms with van der Waals surface area (Å²) in [5, 5.41) is 13.4. The average Bonchev–Trinajstić information content (AvgIpc) is 3.48. The van der Waals surface area contributed by atoms with Crippen LogP contribution in [0.5, 0.6) is 5.75 Å². The van der Waals surface area contributed by atoms with Gasteiger partial charge in [-0.15, -0.1) is 10.2 Å². The molecule has 0 spiro atoms. The molecule has 0 aliphatic heterocycles. The number of aryl methyl sites for hydroxylation is 1. The van der Waals surface area contributed by atoms with Crippen LogP contribution in [0.3, 0.4) is 0 Å². The molecule has 5 aromatic rings. The molecular weight excluding hydrogens is 406 g/mol. The Balaban J connectivity index is 1.36. The lowest BCUT2D eigenvalue weighted by Gasteiger charge is -2.09. The van der Waals surface area contributed by atoms with E-state index in [-0.39, 0.29) is 0 Å². The minimum absolute atomic E-state index is 0.407. The molecule has 0 aliphatic rings. The molecule has 0 radical (unpaired) electrons. The van der Waals surface area contributed by atoms with Crippen molar-refractivity contribution < 1.29 is 9.15 Å². The molecule has 152 valence electrons. The van der Waals surface area contributed by atoms with Gasteiger partial charge in [-0.3, -0.25) is 0 Å². The van der Waals surface area contributed by atoms with Gasteiger partial charge in [0.05, 0.1) is 11.2 Å². The molecule has 5 rings (SSSR count). The molecule has 0 fully saturated rings. The predicted octanol–water partition coefficient (Wildman–Crippen LogP) is 6.16. The predicted molar refractivity (Wildman–Crippen MR) is 123 cm³/mol. The van der Waals surface area contributed by atoms with Gasteiger partial charge >= 0.3 is 0 Å². The standard InChI is InChI=1S/C25H19N3O2S/c1-17-27-28-25(30-17)23(14-18-12-13-31-16-18)19-7-10-22(11-8-19)29-15-21-9-6-20-4-2-3-5-24(20)26-21/h2-14,16H,15H2,1H3/b23-14-. The number of hydrogen-bond donors (Lipinski definition) is 0. The Labute approximate surface area is 183 Å². The fourth-order valence-electron chi connectivity index (χ4n) is 3.27. The van der Waals surface area contributed by atoms with Crippen molar-refractivity contribution in [2.45, 2.75) is 13.5 Å². The lowest BCUT2D eigenvalue weighted by atomic mass is 10.0. The van der Waals surface area contributed by atoms with Crippen molar-refractivity contribution in [2.24, 2.45) is 0 Å². The minimum atomic E-state index is 0.407. The van der Waals surface area contributed by atoms with Gasteiger partial charge in [0, 0.05) is 17.9 Å². The van der Waals surface area contributed by atoms with Crippen LogP contribution in [0.25, 0.3) is 22.6 Å². The molecule has 31 heavy (non-hydrogen) atoms. The number of rotatable bonds is 6. The molecule has 0 N–H and O–H groups in total. The largest absolute Gasteiger partial charge is 0.487 e. The second-order valence-electron chi connectivity index (χ2n) is 7.05. The third kappa shape index (κ3) is 4.39. The van der Waals surface area contributed by atoms with Crippen LogP contribution in [-0.4, -0.2) is 15.2 Å². The van der Waals surface area contributed by atoms with Gasteiger partial charge in [0.2, 0.25) is 11.8 Å². The van der Waals surface area contributed by atoms with E-state index in [1.54, 1.807) is 18.3 Å². The molecule has 0 unspecified atom stereocenters. The Morgan fingerprint density at radius 2 is 1.87 bits per heavy atom. The zero-order valence-corrected chi connectivity index (χ0v) is 17.7. The summed E-state index contributed by atoms with van der Waals surface area (Å²) in [5.41, 5.74) is 4.81. The quantitative estimate of drug-likeness (QED) is 0.326. The highest BCUT2D eigenvalue weighted by Crippen LogP contribution is 2.28. The maximum atomic E-state index is 5.96. The van der Waals surface area contributed by atoms with Crippen LogP contribution in [0.2, 0.25) is 0 Å². The molecule has 0 bridgehead atoms. The maximum Gasteiger partial charge on any atom is 0.248 e. The smallest absolute Gasteiger partial charge is 0.248 e. The van der Waals surface area contributed by atoms with E-state index in [0.717, 1.165) is 39.0 Å². The second kappa shape index (κ2) is 8.53. The summed E-state index contributed by atoms with van der Waals surface area (Å²) in [6, 6.07) is 22.1. The molecule has 2 aromatic carbocycles. The number of para-hydroxylation sites is 1. The van der Waals surface area contributed by atoms with E-state index in [1.165, 1.54) is 0 Å². The first-order valence-electron chi connectivity index (χ1n) is 9.87. The zero-order valence-electron chi connectivity index (χ0n) is 16.9. The fraction of sp³-hybridized carbons (Fsp3) is 0.0800. The molecule has 0 saturated carbocycles. The Hall–Kier alpha value is -3.77. The van der Waals surface area contributed by atoms with E-state index in [0.29, 0.717) is 18.4 Å². The van der Waals surface area contributed by atoms with Crippen molar-refractivity contribution >= 4 is 33.9 Å². The Bertz CT molecular complexity index is 1340. The van der Waals surface area contributed by atoms with Gasteiger partial charge in [-0.1, -0.05) is 36.4 Å². The van der Waals surface area contributed by atoms with Crippen molar-refractivity contribution in [1.29, 1.82) is 0 Å². The normalized spacial score (nSPS) is 11.7. The summed E-state index contributed by atoms with van der Waals surface area (Å²) in [6.07, 6.45) is 2.05. The summed E-state index contributed by atoms with van der Waals surface area (Å²) in [7, 11) is 0. The van der Waals surface area contributed by atoms with Crippen LogP contribution in [0.15, 0.2) is 81.9 Å². The van der Waals surface area contributed by atoms with Gasteiger partial charge < -0.3 is 9.15 Å². The Morgan fingerprint density at radius 1 is 1.00 bits per heavy atom. The second-order valence-corrected chi connectivity index (χ2v) is 7.83. The lowest BCUT2D eigenvalue weighted by Crippen LogP contribution is -1.98. The summed E-state index contributed by atoms with van der Waals surface area (Å²) in [4.78, 5) is 4.66. The van der Waals surface area contributed by atoms with Gasteiger partial charge in [0.25, 0.3) is 0 Å². The molecule has 3 heterocycles. The van der Waals surface area contributed by atoms with Crippen molar-refractivity contribution in [1.82, 2.24) is 15.2 Å². The van der Waals surface area contributed by atoms with Crippen molar-refractivity contribution in [2.75, 3.05) is 0 Å². The van der Waals surface area contributed by atoms with E-state index in [2.05, 4.69) is 44.8 Å². The van der Waals surface area contributed by atoms with E-state index in [1.807, 2.05) is 53.9 Å². The first-order valence-corrected chi connectivity index (χ1v) is 10.8. The summed E-state index contributed by atoms with van der Waals surface area (Å²) >= 11 is 1.65. The topological polar surface area (TPSA) is 61.0 Å². The Kier molecular flexibility index (Phi) is 5.29. The lowest BCUT2D eigenvalue weighted by molar-refractivity contribution is 0.302. The Morgan fingerprint density at radius 3 is 2.65 bits per heavy atom. The van der Waals surface area contributed by atoms with Crippen LogP contribution < -0.4 is 4.74 Å². The van der Waals surface area contributed by atoms with Crippen molar-refractivity contribution in [3.63, 3.8) is 0 Å². The third-order valence-corrected chi connectivity index (χ3v) is 5.52. The van der Waals surface area contributed by atoms with E-state index >= 15 is 0 Å². The van der Waals surface area contributed by atoms with Crippen LogP contribution in [0, 0.1) is 6.92 Å². The van der Waals surface area contributed by atoms with E-state index in [4.69, 9.17) is 9.15 Å². The average molecular weight is 426 g/mol. The molecular formula is C25H19N3O2S. The highest BCUT2D eigenvalue weighted by Gasteiger charge is 2.13. The summed E-state index contributed by atoms with van der Waals surface area (Å²) < 4.78 is 11.7. The summed E-state index contributed by atoms with van der Waals surface area (Å²) in [5.74, 6) is 1.81.